The van der Waals surface area contributed by atoms with E-state index >= 15 is 0 Å². The van der Waals surface area contributed by atoms with Crippen LogP contribution < -0.4 is 0 Å². The highest BCUT2D eigenvalue weighted by atomic mass is 16.4. The molecular formula is C9H13NO2. The highest BCUT2D eigenvalue weighted by Crippen LogP contribution is 2.14. The van der Waals surface area contributed by atoms with Crippen LogP contribution in [0, 0.1) is 13.8 Å². The average Bonchev–Trinajstić information content (AvgIpc) is 2.30. The maximum atomic E-state index is 10.7. The van der Waals surface area contributed by atoms with Crippen LogP contribution in [0.5, 0.6) is 0 Å². The van der Waals surface area contributed by atoms with Gasteiger partial charge in [0, 0.05) is 11.4 Å². The molecule has 0 aliphatic heterocycles. The maximum Gasteiger partial charge on any atom is 0.326 e. The first-order valence-electron chi connectivity index (χ1n) is 3.91. The quantitative estimate of drug-likeness (QED) is 0.729. The van der Waals surface area contributed by atoms with Gasteiger partial charge in [-0.1, -0.05) is 0 Å². The molecule has 66 valence electrons. The van der Waals surface area contributed by atoms with E-state index in [0.717, 1.165) is 11.4 Å². The van der Waals surface area contributed by atoms with Gasteiger partial charge in [-0.15, -0.1) is 0 Å². The predicted molar refractivity (Wildman–Crippen MR) is 46.3 cm³/mol. The SMILES string of the molecule is Cc1ccc(C)n1[C@@H](C)C(=O)O. The number of carboxylic acids is 1. The lowest BCUT2D eigenvalue weighted by Crippen LogP contribution is -2.17. The zero-order valence-electron chi connectivity index (χ0n) is 7.53. The molecule has 0 unspecified atom stereocenters. The van der Waals surface area contributed by atoms with Gasteiger partial charge in [-0.25, -0.2) is 4.79 Å². The molecule has 0 aromatic carbocycles. The zero-order valence-corrected chi connectivity index (χ0v) is 7.53. The normalized spacial score (nSPS) is 12.9. The van der Waals surface area contributed by atoms with Crippen molar-refractivity contribution in [1.29, 1.82) is 0 Å². The first-order chi connectivity index (χ1) is 5.54. The third kappa shape index (κ3) is 1.35. The summed E-state index contributed by atoms with van der Waals surface area (Å²) in [5.74, 6) is -0.794. The molecule has 1 rings (SSSR count). The number of aryl methyl sites for hydroxylation is 2. The highest BCUT2D eigenvalue weighted by Gasteiger charge is 2.15. The van der Waals surface area contributed by atoms with Crippen molar-refractivity contribution in [3.63, 3.8) is 0 Å². The summed E-state index contributed by atoms with van der Waals surface area (Å²) < 4.78 is 1.81. The highest BCUT2D eigenvalue weighted by molar-refractivity contribution is 5.71. The second kappa shape index (κ2) is 3.01. The third-order valence-electron chi connectivity index (χ3n) is 2.07. The third-order valence-corrected chi connectivity index (χ3v) is 2.07. The molecule has 1 heterocycles. The summed E-state index contributed by atoms with van der Waals surface area (Å²) in [7, 11) is 0. The number of nitrogens with zero attached hydrogens (tertiary/aromatic N) is 1. The minimum absolute atomic E-state index is 0.472. The van der Waals surface area contributed by atoms with Gasteiger partial charge in [0.15, 0.2) is 0 Å². The Hall–Kier alpha value is -1.25. The maximum absolute atomic E-state index is 10.7. The van der Waals surface area contributed by atoms with Crippen LogP contribution in [0.25, 0.3) is 0 Å². The molecule has 0 saturated heterocycles. The molecule has 0 fully saturated rings. The standard InChI is InChI=1S/C9H13NO2/c1-6-4-5-7(2)10(6)8(3)9(11)12/h4-5,8H,1-3H3,(H,11,12)/t8-/m0/s1. The van der Waals surface area contributed by atoms with E-state index in [1.54, 1.807) is 6.92 Å². The molecule has 0 spiro atoms. The monoisotopic (exact) mass is 167 g/mol. The van der Waals surface area contributed by atoms with Crippen LogP contribution >= 0.6 is 0 Å². The van der Waals surface area contributed by atoms with E-state index in [1.807, 2.05) is 30.5 Å². The van der Waals surface area contributed by atoms with E-state index in [2.05, 4.69) is 0 Å². The summed E-state index contributed by atoms with van der Waals surface area (Å²) in [6.45, 7) is 5.50. The van der Waals surface area contributed by atoms with Crippen LogP contribution in [-0.4, -0.2) is 15.6 Å². The van der Waals surface area contributed by atoms with E-state index in [4.69, 9.17) is 5.11 Å². The summed E-state index contributed by atoms with van der Waals surface area (Å²) in [5.41, 5.74) is 1.98. The number of aromatic nitrogens is 1. The Kier molecular flexibility index (Phi) is 2.22. The summed E-state index contributed by atoms with van der Waals surface area (Å²) in [6.07, 6.45) is 0. The van der Waals surface area contributed by atoms with Crippen LogP contribution in [0.2, 0.25) is 0 Å². The van der Waals surface area contributed by atoms with Gasteiger partial charge in [-0.3, -0.25) is 0 Å². The molecule has 0 radical (unpaired) electrons. The predicted octanol–water partition coefficient (Wildman–Crippen LogP) is 1.75. The van der Waals surface area contributed by atoms with Crippen LogP contribution in [-0.2, 0) is 4.79 Å². The summed E-state index contributed by atoms with van der Waals surface area (Å²) in [6, 6.07) is 3.38. The van der Waals surface area contributed by atoms with Crippen molar-refractivity contribution >= 4 is 5.97 Å². The molecule has 0 saturated carbocycles. The molecule has 0 amide bonds. The van der Waals surface area contributed by atoms with E-state index < -0.39 is 12.0 Å². The molecule has 3 nitrogen and oxygen atoms in total. The lowest BCUT2D eigenvalue weighted by Gasteiger charge is -2.13. The molecule has 0 bridgehead atoms. The minimum atomic E-state index is -0.794. The Morgan fingerprint density at radius 3 is 2.17 bits per heavy atom. The number of aliphatic carboxylic acids is 1. The second-order valence-corrected chi connectivity index (χ2v) is 3.00. The fraction of sp³-hybridized carbons (Fsp3) is 0.444. The summed E-state index contributed by atoms with van der Waals surface area (Å²) >= 11 is 0. The lowest BCUT2D eigenvalue weighted by atomic mass is 10.3. The van der Waals surface area contributed by atoms with Gasteiger partial charge in [-0.05, 0) is 32.9 Å². The number of carbonyl (C=O) groups is 1. The molecule has 1 atom stereocenters. The topological polar surface area (TPSA) is 42.2 Å². The van der Waals surface area contributed by atoms with Crippen molar-refractivity contribution in [2.45, 2.75) is 26.8 Å². The smallest absolute Gasteiger partial charge is 0.326 e. The number of hydrogen-bond acceptors (Lipinski definition) is 1. The van der Waals surface area contributed by atoms with Crippen molar-refractivity contribution in [3.05, 3.63) is 23.5 Å². The van der Waals surface area contributed by atoms with E-state index in [-0.39, 0.29) is 0 Å². The van der Waals surface area contributed by atoms with Crippen molar-refractivity contribution in [2.24, 2.45) is 0 Å². The molecule has 12 heavy (non-hydrogen) atoms. The molecule has 0 aliphatic rings. The molecule has 0 aliphatic carbocycles. The second-order valence-electron chi connectivity index (χ2n) is 3.00. The number of carboxylic acid groups (broad SMARTS) is 1. The van der Waals surface area contributed by atoms with Crippen molar-refractivity contribution < 1.29 is 9.90 Å². The van der Waals surface area contributed by atoms with E-state index in [0.29, 0.717) is 0 Å². The van der Waals surface area contributed by atoms with Crippen molar-refractivity contribution in [3.8, 4) is 0 Å². The Morgan fingerprint density at radius 1 is 1.42 bits per heavy atom. The summed E-state index contributed by atoms with van der Waals surface area (Å²) in [4.78, 5) is 10.7. The fourth-order valence-corrected chi connectivity index (χ4v) is 1.40. The first-order valence-corrected chi connectivity index (χ1v) is 3.91. The van der Waals surface area contributed by atoms with Crippen LogP contribution in [0.1, 0.15) is 24.4 Å². The summed E-state index contributed by atoms with van der Waals surface area (Å²) in [5, 5.41) is 8.78. The van der Waals surface area contributed by atoms with E-state index in [1.165, 1.54) is 0 Å². The largest absolute Gasteiger partial charge is 0.480 e. The fourth-order valence-electron chi connectivity index (χ4n) is 1.40. The number of rotatable bonds is 2. The molecule has 1 aromatic rings. The molecule has 1 aromatic heterocycles. The van der Waals surface area contributed by atoms with Gasteiger partial charge >= 0.3 is 5.97 Å². The molecule has 1 N–H and O–H groups in total. The molecule has 3 heteroatoms. The zero-order chi connectivity index (χ0) is 9.30. The Balaban J connectivity index is 3.08. The van der Waals surface area contributed by atoms with Gasteiger partial charge in [0.1, 0.15) is 6.04 Å². The van der Waals surface area contributed by atoms with Crippen LogP contribution in [0.15, 0.2) is 12.1 Å². The molecular weight excluding hydrogens is 154 g/mol. The first kappa shape index (κ1) is 8.84. The van der Waals surface area contributed by atoms with E-state index in [9.17, 15) is 4.79 Å². The van der Waals surface area contributed by atoms with Gasteiger partial charge in [-0.2, -0.15) is 0 Å². The number of hydrogen-bond donors (Lipinski definition) is 1. The van der Waals surface area contributed by atoms with Gasteiger partial charge in [0.05, 0.1) is 0 Å². The van der Waals surface area contributed by atoms with Crippen LogP contribution in [0.3, 0.4) is 0 Å². The van der Waals surface area contributed by atoms with Crippen molar-refractivity contribution in [2.75, 3.05) is 0 Å². The van der Waals surface area contributed by atoms with Gasteiger partial charge in [0.2, 0.25) is 0 Å². The van der Waals surface area contributed by atoms with Gasteiger partial charge in [0.25, 0.3) is 0 Å². The lowest BCUT2D eigenvalue weighted by molar-refractivity contribution is -0.140. The Morgan fingerprint density at radius 2 is 1.83 bits per heavy atom. The van der Waals surface area contributed by atoms with Crippen molar-refractivity contribution in [1.82, 2.24) is 4.57 Å². The van der Waals surface area contributed by atoms with Crippen LogP contribution in [0.4, 0.5) is 0 Å². The Labute approximate surface area is 71.6 Å². The van der Waals surface area contributed by atoms with Gasteiger partial charge < -0.3 is 9.67 Å². The average molecular weight is 167 g/mol. The minimum Gasteiger partial charge on any atom is -0.480 e. The Bertz CT molecular complexity index is 282.